The van der Waals surface area contributed by atoms with Gasteiger partial charge in [-0.2, -0.15) is 5.10 Å². The zero-order valence-electron chi connectivity index (χ0n) is 9.69. The highest BCUT2D eigenvalue weighted by atomic mass is 16.3. The Kier molecular flexibility index (Phi) is 3.19. The van der Waals surface area contributed by atoms with Crippen LogP contribution in [0.25, 0.3) is 0 Å². The van der Waals surface area contributed by atoms with E-state index in [1.165, 1.54) is 22.0 Å². The van der Waals surface area contributed by atoms with Gasteiger partial charge in [-0.25, -0.2) is 0 Å². The second-order valence-corrected chi connectivity index (χ2v) is 4.33. The van der Waals surface area contributed by atoms with Crippen molar-refractivity contribution in [1.29, 1.82) is 0 Å². The summed E-state index contributed by atoms with van der Waals surface area (Å²) in [5, 5.41) is 13.4. The summed E-state index contributed by atoms with van der Waals surface area (Å²) in [6.45, 7) is 0.0802. The lowest BCUT2D eigenvalue weighted by Gasteiger charge is -2.21. The Morgan fingerprint density at radius 2 is 2.28 bits per heavy atom. The number of aliphatic hydroxyl groups is 1. The number of amides is 2. The van der Waals surface area contributed by atoms with Crippen LogP contribution >= 0.6 is 0 Å². The lowest BCUT2D eigenvalue weighted by atomic mass is 10.2. The number of rotatable bonds is 3. The number of anilines is 1. The van der Waals surface area contributed by atoms with Crippen molar-refractivity contribution in [1.82, 2.24) is 14.7 Å². The van der Waals surface area contributed by atoms with Gasteiger partial charge in [-0.1, -0.05) is 0 Å². The minimum atomic E-state index is -0.750. The molecule has 2 rings (SSSR count). The Balaban J connectivity index is 2.06. The van der Waals surface area contributed by atoms with Crippen LogP contribution in [-0.2, 0) is 16.1 Å². The summed E-state index contributed by atoms with van der Waals surface area (Å²) in [7, 11) is 0. The molecule has 98 valence electrons. The molecule has 8 nitrogen and oxygen atoms in total. The zero-order chi connectivity index (χ0) is 13.3. The van der Waals surface area contributed by atoms with Gasteiger partial charge in [-0.3, -0.25) is 14.3 Å². The van der Waals surface area contributed by atoms with E-state index in [-0.39, 0.29) is 25.4 Å². The van der Waals surface area contributed by atoms with Gasteiger partial charge >= 0.3 is 0 Å². The maximum absolute atomic E-state index is 12.0. The van der Waals surface area contributed by atoms with Crippen LogP contribution in [0.1, 0.15) is 6.42 Å². The SMILES string of the molecule is NC(=O)C1CC(O)CN1C(=O)Cn1cc(N)cn1. The lowest BCUT2D eigenvalue weighted by molar-refractivity contribution is -0.138. The Labute approximate surface area is 103 Å². The molecule has 2 unspecified atom stereocenters. The molecule has 0 aromatic carbocycles. The highest BCUT2D eigenvalue weighted by Gasteiger charge is 2.37. The minimum absolute atomic E-state index is 0.0340. The number of primary amides is 1. The number of likely N-dealkylation sites (tertiary alicyclic amines) is 1. The molecule has 2 atom stereocenters. The van der Waals surface area contributed by atoms with Gasteiger partial charge in [0.1, 0.15) is 12.6 Å². The number of nitrogens with two attached hydrogens (primary N) is 2. The summed E-state index contributed by atoms with van der Waals surface area (Å²) in [6, 6.07) is -0.750. The van der Waals surface area contributed by atoms with Crippen LogP contribution < -0.4 is 11.5 Å². The number of β-amino-alcohol motifs (C(OH)–C–C–N with tert-alkyl or cyclic N) is 1. The average molecular weight is 253 g/mol. The summed E-state index contributed by atoms with van der Waals surface area (Å²) in [5.74, 6) is -0.932. The van der Waals surface area contributed by atoms with Crippen LogP contribution in [0.15, 0.2) is 12.4 Å². The topological polar surface area (TPSA) is 127 Å². The number of nitrogen functional groups attached to an aromatic ring is 1. The number of hydrogen-bond acceptors (Lipinski definition) is 5. The molecular weight excluding hydrogens is 238 g/mol. The standard InChI is InChI=1S/C10H15N5O3/c11-6-2-13-14(3-6)5-9(17)15-4-7(16)1-8(15)10(12)18/h2-3,7-8,16H,1,4-5,11H2,(H2,12,18). The number of nitrogens with zero attached hydrogens (tertiary/aromatic N) is 3. The number of hydrogen-bond donors (Lipinski definition) is 3. The van der Waals surface area contributed by atoms with Crippen LogP contribution in [0.2, 0.25) is 0 Å². The van der Waals surface area contributed by atoms with E-state index in [0.29, 0.717) is 5.69 Å². The summed E-state index contributed by atoms with van der Waals surface area (Å²) >= 11 is 0. The van der Waals surface area contributed by atoms with E-state index in [0.717, 1.165) is 0 Å². The Hall–Kier alpha value is -2.09. The molecule has 0 saturated carbocycles. The van der Waals surface area contributed by atoms with E-state index in [2.05, 4.69) is 5.10 Å². The highest BCUT2D eigenvalue weighted by Crippen LogP contribution is 2.18. The second-order valence-electron chi connectivity index (χ2n) is 4.33. The van der Waals surface area contributed by atoms with E-state index < -0.39 is 18.1 Å². The smallest absolute Gasteiger partial charge is 0.245 e. The van der Waals surface area contributed by atoms with E-state index in [1.54, 1.807) is 0 Å². The van der Waals surface area contributed by atoms with Gasteiger partial charge in [0, 0.05) is 19.2 Å². The molecule has 8 heteroatoms. The third-order valence-electron chi connectivity index (χ3n) is 2.88. The molecule has 2 heterocycles. The van der Waals surface area contributed by atoms with E-state index in [9.17, 15) is 14.7 Å². The largest absolute Gasteiger partial charge is 0.396 e. The number of aromatic nitrogens is 2. The van der Waals surface area contributed by atoms with Gasteiger partial charge in [0.25, 0.3) is 0 Å². The summed E-state index contributed by atoms with van der Waals surface area (Å²) in [5.41, 5.74) is 11.1. The predicted octanol–water partition coefficient (Wildman–Crippen LogP) is -2.09. The van der Waals surface area contributed by atoms with E-state index >= 15 is 0 Å². The van der Waals surface area contributed by atoms with E-state index in [1.807, 2.05) is 0 Å². The maximum Gasteiger partial charge on any atom is 0.245 e. The van der Waals surface area contributed by atoms with Crippen molar-refractivity contribution in [3.05, 3.63) is 12.4 Å². The molecule has 0 spiro atoms. The van der Waals surface area contributed by atoms with E-state index in [4.69, 9.17) is 11.5 Å². The highest BCUT2D eigenvalue weighted by molar-refractivity contribution is 5.87. The lowest BCUT2D eigenvalue weighted by Crippen LogP contribution is -2.45. The first kappa shape index (κ1) is 12.4. The van der Waals surface area contributed by atoms with Gasteiger partial charge in [0.2, 0.25) is 11.8 Å². The first-order chi connectivity index (χ1) is 8.47. The molecular formula is C10H15N5O3. The second kappa shape index (κ2) is 4.65. The van der Waals surface area contributed by atoms with Crippen molar-refractivity contribution in [2.75, 3.05) is 12.3 Å². The molecule has 1 aliphatic rings. The van der Waals surface area contributed by atoms with Crippen molar-refractivity contribution in [3.8, 4) is 0 Å². The van der Waals surface area contributed by atoms with Gasteiger partial charge in [-0.15, -0.1) is 0 Å². The third-order valence-corrected chi connectivity index (χ3v) is 2.88. The fraction of sp³-hybridized carbons (Fsp3) is 0.500. The van der Waals surface area contributed by atoms with Crippen LogP contribution in [0.5, 0.6) is 0 Å². The molecule has 18 heavy (non-hydrogen) atoms. The van der Waals surface area contributed by atoms with Crippen molar-refractivity contribution >= 4 is 17.5 Å². The fourth-order valence-electron chi connectivity index (χ4n) is 2.05. The quantitative estimate of drug-likeness (QED) is 0.569. The molecule has 0 radical (unpaired) electrons. The normalized spacial score (nSPS) is 23.3. The molecule has 1 saturated heterocycles. The Morgan fingerprint density at radius 1 is 1.56 bits per heavy atom. The van der Waals surface area contributed by atoms with Gasteiger partial charge in [-0.05, 0) is 0 Å². The Morgan fingerprint density at radius 3 is 2.83 bits per heavy atom. The van der Waals surface area contributed by atoms with Crippen LogP contribution in [0.3, 0.4) is 0 Å². The first-order valence-electron chi connectivity index (χ1n) is 5.52. The minimum Gasteiger partial charge on any atom is -0.396 e. The van der Waals surface area contributed by atoms with Crippen molar-refractivity contribution in [2.24, 2.45) is 5.73 Å². The number of aliphatic hydroxyl groups excluding tert-OH is 1. The molecule has 0 aliphatic carbocycles. The monoisotopic (exact) mass is 253 g/mol. The Bertz CT molecular complexity index is 472. The predicted molar refractivity (Wildman–Crippen MR) is 62.0 cm³/mol. The van der Waals surface area contributed by atoms with Crippen LogP contribution in [-0.4, -0.2) is 50.3 Å². The molecule has 1 aromatic heterocycles. The third kappa shape index (κ3) is 2.43. The molecule has 1 aliphatic heterocycles. The molecule has 0 bridgehead atoms. The molecule has 1 aromatic rings. The average Bonchev–Trinajstić information content (AvgIpc) is 2.85. The molecule has 2 amide bonds. The van der Waals surface area contributed by atoms with Crippen LogP contribution in [0, 0.1) is 0 Å². The number of carbonyl (C=O) groups excluding carboxylic acids is 2. The summed E-state index contributed by atoms with van der Waals surface area (Å²) in [6.07, 6.45) is 2.41. The fourth-order valence-corrected chi connectivity index (χ4v) is 2.05. The van der Waals surface area contributed by atoms with Gasteiger partial charge < -0.3 is 21.5 Å². The van der Waals surface area contributed by atoms with Gasteiger partial charge in [0.05, 0.1) is 18.0 Å². The summed E-state index contributed by atoms with van der Waals surface area (Å²) in [4.78, 5) is 24.5. The van der Waals surface area contributed by atoms with Crippen LogP contribution in [0.4, 0.5) is 5.69 Å². The summed E-state index contributed by atoms with van der Waals surface area (Å²) < 4.78 is 1.38. The van der Waals surface area contributed by atoms with Crippen molar-refractivity contribution in [3.63, 3.8) is 0 Å². The number of carbonyl (C=O) groups is 2. The maximum atomic E-state index is 12.0. The first-order valence-corrected chi connectivity index (χ1v) is 5.52. The molecule has 5 N–H and O–H groups in total. The molecule has 1 fully saturated rings. The van der Waals surface area contributed by atoms with Crippen molar-refractivity contribution in [2.45, 2.75) is 25.1 Å². The van der Waals surface area contributed by atoms with Crippen molar-refractivity contribution < 1.29 is 14.7 Å². The van der Waals surface area contributed by atoms with Gasteiger partial charge in [0.15, 0.2) is 0 Å². The zero-order valence-corrected chi connectivity index (χ0v) is 9.69.